The fraction of sp³-hybridized carbons (Fsp3) is 0.500. The zero-order chi connectivity index (χ0) is 17.2. The molecule has 0 unspecified atom stereocenters. The summed E-state index contributed by atoms with van der Waals surface area (Å²) in [5.74, 6) is -1.54. The Kier molecular flexibility index (Phi) is 7.17. The fourth-order valence-corrected chi connectivity index (χ4v) is 1.44. The minimum Gasteiger partial charge on any atom is -0.464 e. The third kappa shape index (κ3) is 7.02. The topological polar surface area (TPSA) is 152 Å². The van der Waals surface area contributed by atoms with Crippen molar-refractivity contribution in [2.24, 2.45) is 16.1 Å². The van der Waals surface area contributed by atoms with Gasteiger partial charge in [0, 0.05) is 13.8 Å². The Morgan fingerprint density at radius 3 is 2.26 bits per heavy atom. The van der Waals surface area contributed by atoms with Gasteiger partial charge >= 0.3 is 11.9 Å². The average molecular weight is 326 g/mol. The van der Waals surface area contributed by atoms with Gasteiger partial charge in [0.2, 0.25) is 5.82 Å². The molecule has 1 heterocycles. The van der Waals surface area contributed by atoms with Crippen LogP contribution in [0.25, 0.3) is 0 Å². The summed E-state index contributed by atoms with van der Waals surface area (Å²) in [7, 11) is 0. The van der Waals surface area contributed by atoms with Gasteiger partial charge in [-0.05, 0) is 0 Å². The molecule has 0 aliphatic heterocycles. The number of carbonyl (C=O) groups excluding carboxylic acids is 3. The van der Waals surface area contributed by atoms with Crippen molar-refractivity contribution in [2.75, 3.05) is 26.3 Å². The molecular formula is C12H18N6O5. The largest absolute Gasteiger partial charge is 0.464 e. The number of nitrogens with two attached hydrogens (primary N) is 1. The molecule has 0 saturated carbocycles. The molecule has 0 bridgehead atoms. The molecule has 0 atom stereocenters. The number of H-pyrrole nitrogens is 1. The maximum Gasteiger partial charge on any atom is 0.302 e. The smallest absolute Gasteiger partial charge is 0.302 e. The molecule has 1 aromatic rings. The first-order valence-electron chi connectivity index (χ1n) is 6.66. The molecule has 0 aromatic carbocycles. The lowest BCUT2D eigenvalue weighted by molar-refractivity contribution is -0.141. The summed E-state index contributed by atoms with van der Waals surface area (Å²) in [5.41, 5.74) is 5.17. The van der Waals surface area contributed by atoms with E-state index in [9.17, 15) is 14.4 Å². The van der Waals surface area contributed by atoms with Crippen LogP contribution in [0.3, 0.4) is 0 Å². The number of rotatable bonds is 9. The molecule has 11 heteroatoms. The van der Waals surface area contributed by atoms with Gasteiger partial charge in [-0.2, -0.15) is 0 Å². The Balaban J connectivity index is 2.67. The van der Waals surface area contributed by atoms with Gasteiger partial charge in [0.1, 0.15) is 13.2 Å². The number of aromatic nitrogens is 2. The van der Waals surface area contributed by atoms with Crippen LogP contribution in [0.1, 0.15) is 24.3 Å². The second-order valence-electron chi connectivity index (χ2n) is 4.29. The zero-order valence-electron chi connectivity index (χ0n) is 12.8. The molecule has 126 valence electrons. The van der Waals surface area contributed by atoms with Crippen molar-refractivity contribution in [2.45, 2.75) is 13.8 Å². The summed E-state index contributed by atoms with van der Waals surface area (Å²) < 4.78 is 9.63. The van der Waals surface area contributed by atoms with E-state index in [4.69, 9.17) is 15.2 Å². The van der Waals surface area contributed by atoms with Crippen LogP contribution in [-0.4, -0.2) is 59.1 Å². The lowest BCUT2D eigenvalue weighted by Crippen LogP contribution is -2.27. The highest BCUT2D eigenvalue weighted by atomic mass is 16.5. The van der Waals surface area contributed by atoms with Crippen molar-refractivity contribution in [1.82, 2.24) is 15.0 Å². The number of hydrogen-bond donors (Lipinski definition) is 2. The highest BCUT2D eigenvalue weighted by molar-refractivity contribution is 5.94. The number of aromatic amines is 1. The van der Waals surface area contributed by atoms with Gasteiger partial charge in [0.15, 0.2) is 5.69 Å². The summed E-state index contributed by atoms with van der Waals surface area (Å²) in [6.07, 6.45) is 1.26. The van der Waals surface area contributed by atoms with Crippen molar-refractivity contribution in [1.29, 1.82) is 0 Å². The summed E-state index contributed by atoms with van der Waals surface area (Å²) in [5, 5.41) is 9.11. The number of nitrogens with zero attached hydrogens (tertiary/aromatic N) is 4. The van der Waals surface area contributed by atoms with E-state index in [0.29, 0.717) is 0 Å². The predicted octanol–water partition coefficient (Wildman–Crippen LogP) is -0.0645. The number of carbonyl (C=O) groups is 3. The minimum atomic E-state index is -0.720. The third-order valence-electron chi connectivity index (χ3n) is 2.44. The van der Waals surface area contributed by atoms with Crippen molar-refractivity contribution < 1.29 is 23.9 Å². The van der Waals surface area contributed by atoms with E-state index in [0.717, 1.165) is 0 Å². The molecule has 0 aliphatic rings. The predicted molar refractivity (Wildman–Crippen MR) is 76.5 cm³/mol. The third-order valence-corrected chi connectivity index (χ3v) is 2.44. The first-order chi connectivity index (χ1) is 10.9. The van der Waals surface area contributed by atoms with Crippen LogP contribution in [0.15, 0.2) is 16.7 Å². The molecule has 3 N–H and O–H groups in total. The SMILES string of the molecule is CC(=O)OCCN(CCOC(C)=O)N=Nc1nc[nH]c1C(N)=O. The van der Waals surface area contributed by atoms with Crippen molar-refractivity contribution >= 4 is 23.7 Å². The highest BCUT2D eigenvalue weighted by Crippen LogP contribution is 2.13. The van der Waals surface area contributed by atoms with Crippen molar-refractivity contribution in [3.05, 3.63) is 12.0 Å². The molecule has 1 rings (SSSR count). The molecule has 0 spiro atoms. The Morgan fingerprint density at radius 1 is 1.22 bits per heavy atom. The van der Waals surface area contributed by atoms with Crippen LogP contribution in [-0.2, 0) is 19.1 Å². The molecule has 1 aromatic heterocycles. The Bertz CT molecular complexity index is 564. The summed E-state index contributed by atoms with van der Waals surface area (Å²) in [6.45, 7) is 3.18. The fourth-order valence-electron chi connectivity index (χ4n) is 1.44. The molecular weight excluding hydrogens is 308 g/mol. The second kappa shape index (κ2) is 9.12. The molecule has 0 saturated heterocycles. The normalized spacial score (nSPS) is 10.5. The van der Waals surface area contributed by atoms with E-state index in [1.54, 1.807) is 0 Å². The van der Waals surface area contributed by atoms with Gasteiger partial charge in [0.05, 0.1) is 19.4 Å². The quantitative estimate of drug-likeness (QED) is 0.366. The van der Waals surface area contributed by atoms with Crippen molar-refractivity contribution in [3.63, 3.8) is 0 Å². The molecule has 0 aliphatic carbocycles. The molecule has 0 fully saturated rings. The molecule has 11 nitrogen and oxygen atoms in total. The second-order valence-corrected chi connectivity index (χ2v) is 4.29. The van der Waals surface area contributed by atoms with Gasteiger partial charge < -0.3 is 20.2 Å². The number of imidazole rings is 1. The number of primary amides is 1. The van der Waals surface area contributed by atoms with E-state index >= 15 is 0 Å². The first kappa shape index (κ1) is 18.1. The van der Waals surface area contributed by atoms with Gasteiger partial charge in [-0.3, -0.25) is 19.4 Å². The van der Waals surface area contributed by atoms with Gasteiger partial charge in [-0.15, -0.1) is 5.11 Å². The Labute approximate surface area is 131 Å². The first-order valence-corrected chi connectivity index (χ1v) is 6.66. The van der Waals surface area contributed by atoms with E-state index in [1.807, 2.05) is 0 Å². The number of ether oxygens (including phenoxy) is 2. The average Bonchev–Trinajstić information content (AvgIpc) is 2.92. The maximum atomic E-state index is 11.1. The monoisotopic (exact) mass is 326 g/mol. The lowest BCUT2D eigenvalue weighted by atomic mass is 10.4. The number of esters is 2. The van der Waals surface area contributed by atoms with E-state index in [2.05, 4.69) is 20.3 Å². The summed E-state index contributed by atoms with van der Waals surface area (Å²) >= 11 is 0. The standard InChI is InChI=1S/C12H18N6O5/c1-8(19)22-5-3-18(4-6-23-9(2)20)17-16-12-10(11(13)21)14-7-15-12/h7H,3-6H2,1-2H3,(H2,13,21)(H,14,15). The number of nitrogens with one attached hydrogen (secondary N) is 1. The Morgan fingerprint density at radius 2 is 1.78 bits per heavy atom. The maximum absolute atomic E-state index is 11.1. The molecule has 1 amide bonds. The van der Waals surface area contributed by atoms with Crippen LogP contribution in [0.4, 0.5) is 5.82 Å². The Hall–Kier alpha value is -2.98. The van der Waals surface area contributed by atoms with Gasteiger partial charge in [0.25, 0.3) is 5.91 Å². The number of hydrogen-bond acceptors (Lipinski definition) is 8. The van der Waals surface area contributed by atoms with E-state index in [-0.39, 0.29) is 37.8 Å². The number of amides is 1. The zero-order valence-corrected chi connectivity index (χ0v) is 12.8. The van der Waals surface area contributed by atoms with Crippen LogP contribution < -0.4 is 5.73 Å². The highest BCUT2D eigenvalue weighted by Gasteiger charge is 2.11. The summed E-state index contributed by atoms with van der Waals surface area (Å²) in [6, 6.07) is 0. The van der Waals surface area contributed by atoms with E-state index in [1.165, 1.54) is 25.2 Å². The van der Waals surface area contributed by atoms with Crippen LogP contribution in [0.2, 0.25) is 0 Å². The van der Waals surface area contributed by atoms with Crippen LogP contribution in [0.5, 0.6) is 0 Å². The van der Waals surface area contributed by atoms with E-state index < -0.39 is 17.8 Å². The minimum absolute atomic E-state index is 0.0219. The van der Waals surface area contributed by atoms with Gasteiger partial charge in [-0.25, -0.2) is 4.98 Å². The van der Waals surface area contributed by atoms with Crippen molar-refractivity contribution in [3.8, 4) is 0 Å². The lowest BCUT2D eigenvalue weighted by Gasteiger charge is -2.16. The molecule has 23 heavy (non-hydrogen) atoms. The summed E-state index contributed by atoms with van der Waals surface area (Å²) in [4.78, 5) is 39.0. The van der Waals surface area contributed by atoms with Crippen LogP contribution >= 0.6 is 0 Å². The van der Waals surface area contributed by atoms with Crippen LogP contribution in [0, 0.1) is 0 Å². The van der Waals surface area contributed by atoms with Gasteiger partial charge in [-0.1, -0.05) is 5.22 Å². The molecule has 0 radical (unpaired) electrons.